The topological polar surface area (TPSA) is 96.3 Å². The van der Waals surface area contributed by atoms with E-state index in [1.54, 1.807) is 26.1 Å². The predicted molar refractivity (Wildman–Crippen MR) is 128 cm³/mol. The molecular weight excluding hydrogens is 449 g/mol. The molecule has 0 unspecified atom stereocenters. The number of carbonyl (C=O) groups is 3. The zero-order valence-corrected chi connectivity index (χ0v) is 19.8. The molecular formula is C26H28FN5O3. The monoisotopic (exact) mass is 477 g/mol. The van der Waals surface area contributed by atoms with Crippen molar-refractivity contribution in [3.63, 3.8) is 0 Å². The molecule has 35 heavy (non-hydrogen) atoms. The number of aryl methyl sites for hydroxylation is 1. The van der Waals surface area contributed by atoms with Crippen LogP contribution in [0, 0.1) is 5.82 Å². The summed E-state index contributed by atoms with van der Waals surface area (Å²) >= 11 is 0. The van der Waals surface area contributed by atoms with E-state index in [9.17, 15) is 18.8 Å². The molecule has 2 aromatic carbocycles. The maximum atomic E-state index is 13.1. The van der Waals surface area contributed by atoms with E-state index in [-0.39, 0.29) is 42.1 Å². The first-order chi connectivity index (χ1) is 16.8. The van der Waals surface area contributed by atoms with Gasteiger partial charge in [-0.25, -0.2) is 4.39 Å². The van der Waals surface area contributed by atoms with Crippen LogP contribution in [0.5, 0.6) is 0 Å². The number of hydrogen-bond donors (Lipinski definition) is 2. The molecule has 1 aromatic heterocycles. The van der Waals surface area contributed by atoms with E-state index in [0.717, 1.165) is 18.4 Å². The third-order valence-electron chi connectivity index (χ3n) is 6.36. The molecule has 0 radical (unpaired) electrons. The van der Waals surface area contributed by atoms with Gasteiger partial charge >= 0.3 is 0 Å². The standard InChI is InChI=1S/C26H28FN5O3/c1-26(25(35)29-16-19-10-12-20(27)13-11-19)17-32-22(24(34)31(26)2)15-21(30-32)23(33)28-14-6-9-18-7-4-3-5-8-18/h3-5,7-8,10-13,15H,6,9,14,16-17H2,1-2H3,(H,28,33)(H,29,35)/t26-/m0/s1. The number of rotatable bonds is 8. The smallest absolute Gasteiger partial charge is 0.272 e. The number of hydrogen-bond acceptors (Lipinski definition) is 4. The Hall–Kier alpha value is -4.01. The van der Waals surface area contributed by atoms with Crippen molar-refractivity contribution in [2.75, 3.05) is 13.6 Å². The second kappa shape index (κ2) is 10.1. The highest BCUT2D eigenvalue weighted by molar-refractivity contribution is 6.01. The summed E-state index contributed by atoms with van der Waals surface area (Å²) in [5.74, 6) is -1.48. The Morgan fingerprint density at radius 3 is 2.49 bits per heavy atom. The lowest BCUT2D eigenvalue weighted by Gasteiger charge is -2.40. The summed E-state index contributed by atoms with van der Waals surface area (Å²) in [5, 5.41) is 9.97. The molecule has 0 saturated carbocycles. The maximum absolute atomic E-state index is 13.1. The number of amides is 3. The number of benzene rings is 2. The van der Waals surface area contributed by atoms with Crippen LogP contribution < -0.4 is 10.6 Å². The molecule has 0 bridgehead atoms. The van der Waals surface area contributed by atoms with E-state index in [1.807, 2.05) is 30.3 Å². The van der Waals surface area contributed by atoms with E-state index in [1.165, 1.54) is 33.3 Å². The molecule has 2 heterocycles. The first-order valence-electron chi connectivity index (χ1n) is 11.5. The lowest BCUT2D eigenvalue weighted by atomic mass is 9.96. The summed E-state index contributed by atoms with van der Waals surface area (Å²) < 4.78 is 14.5. The van der Waals surface area contributed by atoms with Crippen LogP contribution in [0.1, 0.15) is 45.4 Å². The molecule has 182 valence electrons. The van der Waals surface area contributed by atoms with Gasteiger partial charge in [0.1, 0.15) is 17.1 Å². The Morgan fingerprint density at radius 1 is 1.06 bits per heavy atom. The predicted octanol–water partition coefficient (Wildman–Crippen LogP) is 2.55. The van der Waals surface area contributed by atoms with Crippen LogP contribution in [0.4, 0.5) is 4.39 Å². The van der Waals surface area contributed by atoms with Crippen molar-refractivity contribution < 1.29 is 18.8 Å². The Labute approximate surface area is 203 Å². The molecule has 2 N–H and O–H groups in total. The summed E-state index contributed by atoms with van der Waals surface area (Å²) in [6.07, 6.45) is 1.62. The first-order valence-corrected chi connectivity index (χ1v) is 11.5. The third-order valence-corrected chi connectivity index (χ3v) is 6.36. The summed E-state index contributed by atoms with van der Waals surface area (Å²) in [6.45, 7) is 2.42. The molecule has 9 heteroatoms. The quantitative estimate of drug-likeness (QED) is 0.488. The normalized spacial score (nSPS) is 17.1. The van der Waals surface area contributed by atoms with Crippen molar-refractivity contribution >= 4 is 17.7 Å². The molecule has 0 saturated heterocycles. The molecule has 0 fully saturated rings. The molecule has 0 spiro atoms. The number of aromatic nitrogens is 2. The molecule has 3 aromatic rings. The fourth-order valence-corrected chi connectivity index (χ4v) is 4.04. The third kappa shape index (κ3) is 5.24. The van der Waals surface area contributed by atoms with Gasteiger partial charge in [0.05, 0.1) is 6.54 Å². The van der Waals surface area contributed by atoms with Gasteiger partial charge in [-0.15, -0.1) is 0 Å². The van der Waals surface area contributed by atoms with Gasteiger partial charge < -0.3 is 15.5 Å². The van der Waals surface area contributed by atoms with Crippen LogP contribution in [-0.2, 0) is 24.3 Å². The largest absolute Gasteiger partial charge is 0.351 e. The van der Waals surface area contributed by atoms with Gasteiger partial charge in [0.25, 0.3) is 11.8 Å². The van der Waals surface area contributed by atoms with Crippen LogP contribution in [0.2, 0.25) is 0 Å². The molecule has 4 rings (SSSR count). The van der Waals surface area contributed by atoms with E-state index < -0.39 is 11.4 Å². The Kier molecular flexibility index (Phi) is 6.95. The van der Waals surface area contributed by atoms with Gasteiger partial charge in [-0.1, -0.05) is 42.5 Å². The lowest BCUT2D eigenvalue weighted by molar-refractivity contribution is -0.132. The highest BCUT2D eigenvalue weighted by Gasteiger charge is 2.46. The van der Waals surface area contributed by atoms with Crippen LogP contribution in [0.3, 0.4) is 0 Å². The maximum Gasteiger partial charge on any atom is 0.272 e. The summed E-state index contributed by atoms with van der Waals surface area (Å²) in [6, 6.07) is 17.3. The van der Waals surface area contributed by atoms with Crippen molar-refractivity contribution in [3.8, 4) is 0 Å². The molecule has 8 nitrogen and oxygen atoms in total. The van der Waals surface area contributed by atoms with Crippen LogP contribution in [0.15, 0.2) is 60.7 Å². The van der Waals surface area contributed by atoms with Gasteiger partial charge in [-0.3, -0.25) is 19.1 Å². The number of likely N-dealkylation sites (N-methyl/N-ethyl adjacent to an activating group) is 1. The summed E-state index contributed by atoms with van der Waals surface area (Å²) in [4.78, 5) is 40.1. The Bertz CT molecular complexity index is 1230. The SMILES string of the molecule is CN1C(=O)c2cc(C(=O)NCCCc3ccccc3)nn2C[C@@]1(C)C(=O)NCc1ccc(F)cc1. The van der Waals surface area contributed by atoms with Crippen molar-refractivity contribution in [3.05, 3.63) is 89.0 Å². The fourth-order valence-electron chi connectivity index (χ4n) is 4.04. The van der Waals surface area contributed by atoms with Crippen molar-refractivity contribution in [1.82, 2.24) is 25.3 Å². The molecule has 1 atom stereocenters. The highest BCUT2D eigenvalue weighted by Crippen LogP contribution is 2.26. The number of carbonyl (C=O) groups excluding carboxylic acids is 3. The minimum atomic E-state index is -1.21. The number of nitrogens with one attached hydrogen (secondary N) is 2. The van der Waals surface area contributed by atoms with E-state index in [2.05, 4.69) is 15.7 Å². The van der Waals surface area contributed by atoms with E-state index in [4.69, 9.17) is 0 Å². The van der Waals surface area contributed by atoms with Crippen molar-refractivity contribution in [2.24, 2.45) is 0 Å². The van der Waals surface area contributed by atoms with E-state index in [0.29, 0.717) is 6.54 Å². The van der Waals surface area contributed by atoms with Crippen molar-refractivity contribution in [2.45, 2.75) is 38.4 Å². The van der Waals surface area contributed by atoms with Crippen LogP contribution in [0.25, 0.3) is 0 Å². The minimum absolute atomic E-state index is 0.0983. The Morgan fingerprint density at radius 2 is 1.77 bits per heavy atom. The van der Waals surface area contributed by atoms with Gasteiger partial charge in [0.2, 0.25) is 5.91 Å². The van der Waals surface area contributed by atoms with Crippen LogP contribution in [-0.4, -0.2) is 51.5 Å². The average Bonchev–Trinajstić information content (AvgIpc) is 3.29. The Balaban J connectivity index is 1.38. The minimum Gasteiger partial charge on any atom is -0.351 e. The number of halogens is 1. The van der Waals surface area contributed by atoms with Crippen LogP contribution >= 0.6 is 0 Å². The number of nitrogens with zero attached hydrogens (tertiary/aromatic N) is 3. The van der Waals surface area contributed by atoms with Gasteiger partial charge in [0, 0.05) is 26.2 Å². The average molecular weight is 478 g/mol. The van der Waals surface area contributed by atoms with Gasteiger partial charge in [0.15, 0.2) is 5.69 Å². The molecule has 0 aliphatic carbocycles. The van der Waals surface area contributed by atoms with Crippen molar-refractivity contribution in [1.29, 1.82) is 0 Å². The first kappa shape index (κ1) is 24.1. The van der Waals surface area contributed by atoms with Gasteiger partial charge in [-0.05, 0) is 43.0 Å². The summed E-state index contributed by atoms with van der Waals surface area (Å²) in [5.41, 5.74) is 1.12. The lowest BCUT2D eigenvalue weighted by Crippen LogP contribution is -2.62. The second-order valence-corrected chi connectivity index (χ2v) is 8.86. The number of fused-ring (bicyclic) bond motifs is 1. The molecule has 1 aliphatic rings. The zero-order chi connectivity index (χ0) is 25.0. The molecule has 1 aliphatic heterocycles. The molecule has 3 amide bonds. The van der Waals surface area contributed by atoms with Gasteiger partial charge in [-0.2, -0.15) is 5.10 Å². The fraction of sp³-hybridized carbons (Fsp3) is 0.308. The summed E-state index contributed by atoms with van der Waals surface area (Å²) in [7, 11) is 1.56. The zero-order valence-electron chi connectivity index (χ0n) is 19.8. The highest BCUT2D eigenvalue weighted by atomic mass is 19.1. The second-order valence-electron chi connectivity index (χ2n) is 8.86. The van der Waals surface area contributed by atoms with E-state index >= 15 is 0 Å².